The molecular weight excluding hydrogens is 152 g/mol. The minimum atomic E-state index is 0.646. The fraction of sp³-hybridized carbons (Fsp3) is 0.400. The summed E-state index contributed by atoms with van der Waals surface area (Å²) in [6, 6.07) is 2.18. The quantitative estimate of drug-likeness (QED) is 0.600. The van der Waals surface area contributed by atoms with Gasteiger partial charge >= 0.3 is 0 Å². The average molecular weight is 166 g/mol. The van der Waals surface area contributed by atoms with E-state index in [0.29, 0.717) is 5.92 Å². The standard InChI is InChI=1S/C10H14S/c1-4-5-8(2)10-9(3)6-7-11-10/h4,6-8H,1,5H2,2-3H3. The third kappa shape index (κ3) is 1.93. The fourth-order valence-electron chi connectivity index (χ4n) is 1.25. The molecule has 1 rings (SSSR count). The highest BCUT2D eigenvalue weighted by Gasteiger charge is 2.06. The lowest BCUT2D eigenvalue weighted by Crippen LogP contribution is -1.89. The fourth-order valence-corrected chi connectivity index (χ4v) is 2.25. The summed E-state index contributed by atoms with van der Waals surface area (Å²) < 4.78 is 0. The van der Waals surface area contributed by atoms with Crippen LogP contribution in [0.5, 0.6) is 0 Å². The highest BCUT2D eigenvalue weighted by atomic mass is 32.1. The lowest BCUT2D eigenvalue weighted by molar-refractivity contribution is 0.793. The first-order valence-electron chi connectivity index (χ1n) is 3.90. The molecular formula is C10H14S. The zero-order chi connectivity index (χ0) is 8.27. The molecule has 0 saturated carbocycles. The normalized spacial score (nSPS) is 12.9. The van der Waals surface area contributed by atoms with Gasteiger partial charge in [-0.3, -0.25) is 0 Å². The van der Waals surface area contributed by atoms with E-state index in [1.807, 2.05) is 17.4 Å². The Kier molecular flexibility index (Phi) is 2.89. The zero-order valence-corrected chi connectivity index (χ0v) is 7.95. The van der Waals surface area contributed by atoms with Crippen LogP contribution >= 0.6 is 11.3 Å². The topological polar surface area (TPSA) is 0 Å². The summed E-state index contributed by atoms with van der Waals surface area (Å²) in [5.74, 6) is 0.646. The van der Waals surface area contributed by atoms with Crippen molar-refractivity contribution in [1.29, 1.82) is 0 Å². The SMILES string of the molecule is C=CCC(C)c1sccc1C. The maximum absolute atomic E-state index is 3.74. The molecule has 1 unspecified atom stereocenters. The summed E-state index contributed by atoms with van der Waals surface area (Å²) in [6.45, 7) is 8.17. The average Bonchev–Trinajstić information content (AvgIpc) is 2.36. The summed E-state index contributed by atoms with van der Waals surface area (Å²) in [4.78, 5) is 1.50. The third-order valence-corrected chi connectivity index (χ3v) is 3.12. The number of thiophene rings is 1. The highest BCUT2D eigenvalue weighted by Crippen LogP contribution is 2.27. The highest BCUT2D eigenvalue weighted by molar-refractivity contribution is 7.10. The number of rotatable bonds is 3. The molecule has 1 atom stereocenters. The van der Waals surface area contributed by atoms with Gasteiger partial charge in [0.05, 0.1) is 0 Å². The van der Waals surface area contributed by atoms with Gasteiger partial charge in [0.2, 0.25) is 0 Å². The second kappa shape index (κ2) is 3.72. The Bertz CT molecular complexity index is 235. The molecule has 0 saturated heterocycles. The van der Waals surface area contributed by atoms with Crippen molar-refractivity contribution in [2.45, 2.75) is 26.2 Å². The molecule has 0 nitrogen and oxygen atoms in total. The van der Waals surface area contributed by atoms with Gasteiger partial charge in [-0.1, -0.05) is 13.0 Å². The first kappa shape index (κ1) is 8.54. The maximum Gasteiger partial charge on any atom is 0.0106 e. The minimum absolute atomic E-state index is 0.646. The van der Waals surface area contributed by atoms with Crippen LogP contribution in [-0.2, 0) is 0 Å². The van der Waals surface area contributed by atoms with Crippen molar-refractivity contribution in [3.05, 3.63) is 34.5 Å². The first-order chi connectivity index (χ1) is 5.25. The van der Waals surface area contributed by atoms with Gasteiger partial charge in [0.15, 0.2) is 0 Å². The molecule has 0 N–H and O–H groups in total. The van der Waals surface area contributed by atoms with Crippen LogP contribution in [0.3, 0.4) is 0 Å². The summed E-state index contributed by atoms with van der Waals surface area (Å²) in [6.07, 6.45) is 3.07. The molecule has 1 heterocycles. The molecule has 0 radical (unpaired) electrons. The Hall–Kier alpha value is -0.560. The second-order valence-corrected chi connectivity index (χ2v) is 3.84. The van der Waals surface area contributed by atoms with E-state index >= 15 is 0 Å². The van der Waals surface area contributed by atoms with E-state index in [0.717, 1.165) is 6.42 Å². The molecule has 0 aliphatic heterocycles. The third-order valence-electron chi connectivity index (χ3n) is 1.87. The van der Waals surface area contributed by atoms with E-state index in [1.165, 1.54) is 10.4 Å². The number of hydrogen-bond donors (Lipinski definition) is 0. The van der Waals surface area contributed by atoms with E-state index < -0.39 is 0 Å². The number of hydrogen-bond acceptors (Lipinski definition) is 1. The van der Waals surface area contributed by atoms with Crippen LogP contribution in [0.2, 0.25) is 0 Å². The van der Waals surface area contributed by atoms with Crippen LogP contribution in [-0.4, -0.2) is 0 Å². The van der Waals surface area contributed by atoms with Crippen LogP contribution in [0.25, 0.3) is 0 Å². The summed E-state index contributed by atoms with van der Waals surface area (Å²) >= 11 is 1.85. The molecule has 60 valence electrons. The van der Waals surface area contributed by atoms with Crippen molar-refractivity contribution >= 4 is 11.3 Å². The Labute approximate surface area is 72.6 Å². The Balaban J connectivity index is 2.74. The monoisotopic (exact) mass is 166 g/mol. The molecule has 0 aromatic carbocycles. The number of aryl methyl sites for hydroxylation is 1. The van der Waals surface area contributed by atoms with E-state index in [4.69, 9.17) is 0 Å². The molecule has 1 heteroatoms. The van der Waals surface area contributed by atoms with E-state index in [9.17, 15) is 0 Å². The molecule has 11 heavy (non-hydrogen) atoms. The smallest absolute Gasteiger partial charge is 0.0106 e. The first-order valence-corrected chi connectivity index (χ1v) is 4.78. The summed E-state index contributed by atoms with van der Waals surface area (Å²) in [5, 5.41) is 2.16. The Morgan fingerprint density at radius 3 is 2.91 bits per heavy atom. The molecule has 0 fully saturated rings. The van der Waals surface area contributed by atoms with Crippen molar-refractivity contribution in [2.24, 2.45) is 0 Å². The lowest BCUT2D eigenvalue weighted by Gasteiger charge is -2.06. The van der Waals surface area contributed by atoms with Crippen LogP contribution in [0.4, 0.5) is 0 Å². The van der Waals surface area contributed by atoms with Crippen LogP contribution < -0.4 is 0 Å². The molecule has 0 aliphatic carbocycles. The van der Waals surface area contributed by atoms with E-state index in [-0.39, 0.29) is 0 Å². The maximum atomic E-state index is 3.74. The molecule has 0 bridgehead atoms. The van der Waals surface area contributed by atoms with Gasteiger partial charge in [-0.05, 0) is 36.3 Å². The zero-order valence-electron chi connectivity index (χ0n) is 7.13. The van der Waals surface area contributed by atoms with Gasteiger partial charge in [-0.25, -0.2) is 0 Å². The van der Waals surface area contributed by atoms with Gasteiger partial charge in [0.1, 0.15) is 0 Å². The van der Waals surface area contributed by atoms with Gasteiger partial charge in [0, 0.05) is 4.88 Å². The molecule has 1 aromatic rings. The predicted molar refractivity (Wildman–Crippen MR) is 52.3 cm³/mol. The lowest BCUT2D eigenvalue weighted by atomic mass is 10.0. The Morgan fingerprint density at radius 2 is 2.45 bits per heavy atom. The number of allylic oxidation sites excluding steroid dienone is 1. The second-order valence-electron chi connectivity index (χ2n) is 2.89. The van der Waals surface area contributed by atoms with Gasteiger partial charge in [0.25, 0.3) is 0 Å². The largest absolute Gasteiger partial charge is 0.148 e. The van der Waals surface area contributed by atoms with Crippen LogP contribution in [0.15, 0.2) is 24.1 Å². The molecule has 0 amide bonds. The van der Waals surface area contributed by atoms with Crippen molar-refractivity contribution < 1.29 is 0 Å². The van der Waals surface area contributed by atoms with Gasteiger partial charge in [-0.2, -0.15) is 0 Å². The van der Waals surface area contributed by atoms with E-state index in [2.05, 4.69) is 31.9 Å². The molecule has 0 spiro atoms. The predicted octanol–water partition coefficient (Wildman–Crippen LogP) is 3.74. The summed E-state index contributed by atoms with van der Waals surface area (Å²) in [7, 11) is 0. The van der Waals surface area contributed by atoms with Crippen molar-refractivity contribution in [3.63, 3.8) is 0 Å². The van der Waals surface area contributed by atoms with Crippen molar-refractivity contribution in [2.75, 3.05) is 0 Å². The van der Waals surface area contributed by atoms with E-state index in [1.54, 1.807) is 0 Å². The van der Waals surface area contributed by atoms with Crippen LogP contribution in [0.1, 0.15) is 29.7 Å². The molecule has 1 aromatic heterocycles. The Morgan fingerprint density at radius 1 is 1.73 bits per heavy atom. The minimum Gasteiger partial charge on any atom is -0.148 e. The van der Waals surface area contributed by atoms with Crippen molar-refractivity contribution in [1.82, 2.24) is 0 Å². The van der Waals surface area contributed by atoms with Crippen molar-refractivity contribution in [3.8, 4) is 0 Å². The van der Waals surface area contributed by atoms with Gasteiger partial charge in [-0.15, -0.1) is 17.9 Å². The van der Waals surface area contributed by atoms with Crippen LogP contribution in [0, 0.1) is 6.92 Å². The summed E-state index contributed by atoms with van der Waals surface area (Å²) in [5.41, 5.74) is 1.42. The molecule has 0 aliphatic rings. The van der Waals surface area contributed by atoms with Gasteiger partial charge < -0.3 is 0 Å².